The molecule has 7 heteroatoms. The van der Waals surface area contributed by atoms with E-state index in [9.17, 15) is 27.9 Å². The molecule has 1 unspecified atom stereocenters. The van der Waals surface area contributed by atoms with Gasteiger partial charge in [-0.15, -0.1) is 0 Å². The fourth-order valence-corrected chi connectivity index (χ4v) is 4.46. The van der Waals surface area contributed by atoms with Crippen LogP contribution in [-0.2, 0) is 22.9 Å². The zero-order valence-corrected chi connectivity index (χ0v) is 14.8. The number of hydrogen-bond donors (Lipinski definition) is 2. The van der Waals surface area contributed by atoms with E-state index in [4.69, 9.17) is 0 Å². The van der Waals surface area contributed by atoms with E-state index in [2.05, 4.69) is 5.32 Å². The lowest BCUT2D eigenvalue weighted by molar-refractivity contribution is -0.137. The van der Waals surface area contributed by atoms with Gasteiger partial charge in [0.2, 0.25) is 0 Å². The van der Waals surface area contributed by atoms with Crippen molar-refractivity contribution in [1.82, 2.24) is 5.32 Å². The van der Waals surface area contributed by atoms with Crippen molar-refractivity contribution in [1.29, 1.82) is 0 Å². The Hall–Kier alpha value is -2.83. The van der Waals surface area contributed by atoms with Crippen molar-refractivity contribution in [3.63, 3.8) is 0 Å². The number of amides is 1. The van der Waals surface area contributed by atoms with Crippen LogP contribution in [0.1, 0.15) is 36.0 Å². The topological polar surface area (TPSA) is 66.4 Å². The first kappa shape index (κ1) is 18.5. The second-order valence-electron chi connectivity index (χ2n) is 7.58. The SMILES string of the molecule is O=CC1(NC(=O)O)c2ccc(-c3ccc(C(F)(F)F)cc3)cc2CCC12CC2. The average molecular weight is 389 g/mol. The number of carboxylic acid groups (broad SMARTS) is 1. The van der Waals surface area contributed by atoms with Gasteiger partial charge in [-0.1, -0.05) is 30.3 Å². The van der Waals surface area contributed by atoms with E-state index >= 15 is 0 Å². The molecular weight excluding hydrogens is 371 g/mol. The summed E-state index contributed by atoms with van der Waals surface area (Å²) >= 11 is 0. The molecule has 4 nitrogen and oxygen atoms in total. The molecule has 2 aromatic rings. The zero-order valence-electron chi connectivity index (χ0n) is 14.8. The molecule has 2 aromatic carbocycles. The van der Waals surface area contributed by atoms with Gasteiger partial charge in [-0.25, -0.2) is 4.79 Å². The van der Waals surface area contributed by atoms with Gasteiger partial charge in [-0.3, -0.25) is 0 Å². The van der Waals surface area contributed by atoms with Crippen molar-refractivity contribution >= 4 is 12.4 Å². The highest BCUT2D eigenvalue weighted by molar-refractivity contribution is 5.81. The zero-order chi connectivity index (χ0) is 20.2. The van der Waals surface area contributed by atoms with Gasteiger partial charge in [0, 0.05) is 5.41 Å². The van der Waals surface area contributed by atoms with E-state index in [1.165, 1.54) is 12.1 Å². The number of rotatable bonds is 3. The minimum Gasteiger partial charge on any atom is -0.465 e. The Balaban J connectivity index is 1.75. The summed E-state index contributed by atoms with van der Waals surface area (Å²) < 4.78 is 38.3. The van der Waals surface area contributed by atoms with Crippen molar-refractivity contribution in [2.24, 2.45) is 5.41 Å². The molecule has 0 aliphatic heterocycles. The standard InChI is InChI=1S/C21H18F3NO3/c22-21(23,24)16-4-1-13(2-5-16)14-3-6-17-15(11-14)7-8-19(9-10-19)20(17,12-26)25-18(27)28/h1-6,11-12,25H,7-10H2,(H,27,28). The van der Waals surface area contributed by atoms with Crippen LogP contribution in [-0.4, -0.2) is 17.5 Å². The lowest BCUT2D eigenvalue weighted by atomic mass is 9.67. The summed E-state index contributed by atoms with van der Waals surface area (Å²) in [5.41, 5.74) is 0.483. The third-order valence-electron chi connectivity index (χ3n) is 6.12. The predicted octanol–water partition coefficient (Wildman–Crippen LogP) is 4.76. The number of benzene rings is 2. The number of fused-ring (bicyclic) bond motifs is 1. The van der Waals surface area contributed by atoms with Gasteiger partial charge >= 0.3 is 12.3 Å². The van der Waals surface area contributed by atoms with Crippen LogP contribution in [0.25, 0.3) is 11.1 Å². The minimum absolute atomic E-state index is 0.379. The molecule has 2 aliphatic carbocycles. The maximum atomic E-state index is 12.8. The minimum atomic E-state index is -4.39. The van der Waals surface area contributed by atoms with E-state index in [1.807, 2.05) is 6.07 Å². The molecule has 0 heterocycles. The molecule has 1 saturated carbocycles. The molecular formula is C21H18F3NO3. The fraction of sp³-hybridized carbons (Fsp3) is 0.333. The Kier molecular flexibility index (Phi) is 4.03. The summed E-state index contributed by atoms with van der Waals surface area (Å²) in [5, 5.41) is 11.8. The number of aryl methyl sites for hydroxylation is 1. The summed E-state index contributed by atoms with van der Waals surface area (Å²) in [5.74, 6) is 0. The van der Waals surface area contributed by atoms with Crippen LogP contribution in [0.5, 0.6) is 0 Å². The molecule has 2 aliphatic rings. The second kappa shape index (κ2) is 6.09. The molecule has 0 saturated heterocycles. The highest BCUT2D eigenvalue weighted by Gasteiger charge is 2.63. The number of nitrogens with one attached hydrogen (secondary N) is 1. The average Bonchev–Trinajstić information content (AvgIpc) is 3.44. The summed E-state index contributed by atoms with van der Waals surface area (Å²) in [4.78, 5) is 23.5. The molecule has 1 amide bonds. The number of carbonyl (C=O) groups is 2. The van der Waals surface area contributed by atoms with Gasteiger partial charge in [0.25, 0.3) is 0 Å². The summed E-state index contributed by atoms with van der Waals surface area (Å²) in [6, 6.07) is 10.2. The van der Waals surface area contributed by atoms with E-state index in [0.717, 1.165) is 36.1 Å². The Morgan fingerprint density at radius 1 is 1.04 bits per heavy atom. The Bertz CT molecular complexity index is 948. The normalized spacial score (nSPS) is 22.4. The van der Waals surface area contributed by atoms with Gasteiger partial charge in [0.15, 0.2) is 6.29 Å². The lowest BCUT2D eigenvalue weighted by Crippen LogP contribution is -2.55. The summed E-state index contributed by atoms with van der Waals surface area (Å²) in [6.45, 7) is 0. The quantitative estimate of drug-likeness (QED) is 0.744. The van der Waals surface area contributed by atoms with Crippen LogP contribution in [0.4, 0.5) is 18.0 Å². The Morgan fingerprint density at radius 3 is 2.21 bits per heavy atom. The number of hydrogen-bond acceptors (Lipinski definition) is 2. The Morgan fingerprint density at radius 2 is 1.68 bits per heavy atom. The molecule has 146 valence electrons. The summed E-state index contributed by atoms with van der Waals surface area (Å²) in [6.07, 6.45) is -1.99. The van der Waals surface area contributed by atoms with Gasteiger partial charge in [0.1, 0.15) is 5.54 Å². The van der Waals surface area contributed by atoms with E-state index in [0.29, 0.717) is 30.3 Å². The van der Waals surface area contributed by atoms with E-state index < -0.39 is 23.4 Å². The molecule has 1 atom stereocenters. The van der Waals surface area contributed by atoms with Crippen molar-refractivity contribution in [2.45, 2.75) is 37.4 Å². The second-order valence-corrected chi connectivity index (χ2v) is 7.58. The third kappa shape index (κ3) is 2.77. The van der Waals surface area contributed by atoms with Crippen molar-refractivity contribution < 1.29 is 27.9 Å². The third-order valence-corrected chi connectivity index (χ3v) is 6.12. The number of alkyl halides is 3. The smallest absolute Gasteiger partial charge is 0.416 e. The molecule has 0 radical (unpaired) electrons. The highest BCUT2D eigenvalue weighted by Crippen LogP contribution is 2.63. The molecule has 4 rings (SSSR count). The van der Waals surface area contributed by atoms with Crippen LogP contribution in [0.2, 0.25) is 0 Å². The van der Waals surface area contributed by atoms with Crippen LogP contribution in [0, 0.1) is 5.41 Å². The Labute approximate surface area is 159 Å². The first-order chi connectivity index (χ1) is 13.2. The van der Waals surface area contributed by atoms with Crippen molar-refractivity contribution in [2.75, 3.05) is 0 Å². The van der Waals surface area contributed by atoms with Crippen molar-refractivity contribution in [3.05, 3.63) is 59.2 Å². The first-order valence-corrected chi connectivity index (χ1v) is 8.99. The number of carbonyl (C=O) groups excluding carboxylic acids is 1. The number of aldehydes is 1. The van der Waals surface area contributed by atoms with Crippen LogP contribution >= 0.6 is 0 Å². The van der Waals surface area contributed by atoms with Gasteiger partial charge in [-0.2, -0.15) is 13.2 Å². The molecule has 1 fully saturated rings. The monoisotopic (exact) mass is 389 g/mol. The maximum Gasteiger partial charge on any atom is 0.416 e. The van der Waals surface area contributed by atoms with Gasteiger partial charge < -0.3 is 15.2 Å². The van der Waals surface area contributed by atoms with E-state index in [1.54, 1.807) is 12.1 Å². The fourth-order valence-electron chi connectivity index (χ4n) is 4.46. The lowest BCUT2D eigenvalue weighted by Gasteiger charge is -2.42. The largest absolute Gasteiger partial charge is 0.465 e. The van der Waals surface area contributed by atoms with Crippen molar-refractivity contribution in [3.8, 4) is 11.1 Å². The maximum absolute atomic E-state index is 12.8. The molecule has 2 N–H and O–H groups in total. The molecule has 0 bridgehead atoms. The molecule has 0 aromatic heterocycles. The first-order valence-electron chi connectivity index (χ1n) is 8.99. The van der Waals surface area contributed by atoms with Crippen LogP contribution in [0.3, 0.4) is 0 Å². The van der Waals surface area contributed by atoms with Gasteiger partial charge in [0.05, 0.1) is 5.56 Å². The number of halogens is 3. The molecule has 1 spiro atoms. The van der Waals surface area contributed by atoms with Crippen LogP contribution in [0.15, 0.2) is 42.5 Å². The van der Waals surface area contributed by atoms with E-state index in [-0.39, 0.29) is 5.41 Å². The van der Waals surface area contributed by atoms with Crippen LogP contribution < -0.4 is 5.32 Å². The van der Waals surface area contributed by atoms with Gasteiger partial charge in [-0.05, 0) is 60.1 Å². The predicted molar refractivity (Wildman–Crippen MR) is 95.8 cm³/mol. The summed E-state index contributed by atoms with van der Waals surface area (Å²) in [7, 11) is 0. The molecule has 28 heavy (non-hydrogen) atoms. The highest BCUT2D eigenvalue weighted by atomic mass is 19.4.